The van der Waals surface area contributed by atoms with Crippen molar-refractivity contribution in [3.05, 3.63) is 47.5 Å². The maximum absolute atomic E-state index is 13.7. The molecule has 1 aromatic heterocycles. The third kappa shape index (κ3) is 2.73. The largest absolute Gasteiger partial charge is 0.478 e. The van der Waals surface area contributed by atoms with Crippen LogP contribution in [0.4, 0.5) is 10.1 Å². The average molecular weight is 263 g/mol. The van der Waals surface area contributed by atoms with Gasteiger partial charge in [0.1, 0.15) is 5.82 Å². The summed E-state index contributed by atoms with van der Waals surface area (Å²) in [5.41, 5.74) is 1.08. The molecule has 5 nitrogen and oxygen atoms in total. The van der Waals surface area contributed by atoms with Gasteiger partial charge in [-0.05, 0) is 31.2 Å². The maximum atomic E-state index is 13.7. The number of rotatable bonds is 4. The molecule has 1 aromatic carbocycles. The second-order valence-electron chi connectivity index (χ2n) is 4.25. The first-order chi connectivity index (χ1) is 8.99. The van der Waals surface area contributed by atoms with Crippen LogP contribution in [0.2, 0.25) is 0 Å². The third-order valence-corrected chi connectivity index (χ3v) is 2.89. The molecule has 2 N–H and O–H groups in total. The number of carbonyl (C=O) groups is 1. The lowest BCUT2D eigenvalue weighted by atomic mass is 10.1. The van der Waals surface area contributed by atoms with Gasteiger partial charge >= 0.3 is 5.97 Å². The van der Waals surface area contributed by atoms with Crippen LogP contribution in [0.15, 0.2) is 30.5 Å². The SMILES string of the molecule is CC(Nc1cc(C(=O)O)ccc1F)c1ccnn1C. The van der Waals surface area contributed by atoms with Crippen LogP contribution in [-0.2, 0) is 7.05 Å². The van der Waals surface area contributed by atoms with Crippen molar-refractivity contribution in [3.63, 3.8) is 0 Å². The molecule has 1 atom stereocenters. The number of carboxylic acid groups (broad SMARTS) is 1. The molecule has 0 saturated heterocycles. The van der Waals surface area contributed by atoms with Crippen molar-refractivity contribution in [2.45, 2.75) is 13.0 Å². The fraction of sp³-hybridized carbons (Fsp3) is 0.231. The van der Waals surface area contributed by atoms with E-state index in [4.69, 9.17) is 5.11 Å². The van der Waals surface area contributed by atoms with Crippen LogP contribution in [0.1, 0.15) is 29.0 Å². The lowest BCUT2D eigenvalue weighted by Gasteiger charge is -2.16. The highest BCUT2D eigenvalue weighted by Gasteiger charge is 2.13. The van der Waals surface area contributed by atoms with Crippen molar-refractivity contribution in [2.75, 3.05) is 5.32 Å². The van der Waals surface area contributed by atoms with Crippen molar-refractivity contribution in [2.24, 2.45) is 7.05 Å². The molecule has 0 fully saturated rings. The number of nitrogens with zero attached hydrogens (tertiary/aromatic N) is 2. The predicted octanol–water partition coefficient (Wildman–Crippen LogP) is 2.43. The molecule has 0 radical (unpaired) electrons. The second-order valence-corrected chi connectivity index (χ2v) is 4.25. The number of anilines is 1. The lowest BCUT2D eigenvalue weighted by molar-refractivity contribution is 0.0697. The summed E-state index contributed by atoms with van der Waals surface area (Å²) >= 11 is 0. The van der Waals surface area contributed by atoms with E-state index in [1.54, 1.807) is 17.9 Å². The van der Waals surface area contributed by atoms with Gasteiger partial charge in [-0.15, -0.1) is 0 Å². The average Bonchev–Trinajstić information content (AvgIpc) is 2.78. The molecule has 0 bridgehead atoms. The number of benzene rings is 1. The van der Waals surface area contributed by atoms with E-state index in [1.165, 1.54) is 12.1 Å². The molecule has 0 aliphatic heterocycles. The Morgan fingerprint density at radius 3 is 2.79 bits per heavy atom. The molecule has 0 amide bonds. The summed E-state index contributed by atoms with van der Waals surface area (Å²) in [7, 11) is 1.79. The smallest absolute Gasteiger partial charge is 0.335 e. The van der Waals surface area contributed by atoms with Crippen molar-refractivity contribution >= 4 is 11.7 Å². The first kappa shape index (κ1) is 13.1. The van der Waals surface area contributed by atoms with Gasteiger partial charge in [-0.1, -0.05) is 0 Å². The van der Waals surface area contributed by atoms with Crippen molar-refractivity contribution in [1.82, 2.24) is 9.78 Å². The maximum Gasteiger partial charge on any atom is 0.335 e. The summed E-state index contributed by atoms with van der Waals surface area (Å²) in [6.07, 6.45) is 1.65. The summed E-state index contributed by atoms with van der Waals surface area (Å²) in [6.45, 7) is 1.85. The number of halogens is 1. The van der Waals surface area contributed by atoms with Crippen molar-refractivity contribution in [1.29, 1.82) is 0 Å². The Morgan fingerprint density at radius 1 is 1.47 bits per heavy atom. The van der Waals surface area contributed by atoms with Crippen LogP contribution < -0.4 is 5.32 Å². The molecule has 0 aliphatic carbocycles. The normalized spacial score (nSPS) is 12.2. The molecule has 2 aromatic rings. The standard InChI is InChI=1S/C13H14FN3O2/c1-8(12-5-6-15-17(12)2)16-11-7-9(13(18)19)3-4-10(11)14/h3-8,16H,1-2H3,(H,18,19). The molecule has 1 heterocycles. The first-order valence-corrected chi connectivity index (χ1v) is 5.76. The van der Waals surface area contributed by atoms with Gasteiger partial charge in [0.2, 0.25) is 0 Å². The molecule has 0 spiro atoms. The quantitative estimate of drug-likeness (QED) is 0.889. The van der Waals surface area contributed by atoms with E-state index in [0.29, 0.717) is 0 Å². The molecule has 100 valence electrons. The molecule has 1 unspecified atom stereocenters. The molecule has 2 rings (SSSR count). The first-order valence-electron chi connectivity index (χ1n) is 5.76. The minimum absolute atomic E-state index is 0.0427. The Balaban J connectivity index is 2.26. The van der Waals surface area contributed by atoms with E-state index in [1.807, 2.05) is 13.0 Å². The molecule has 19 heavy (non-hydrogen) atoms. The van der Waals surface area contributed by atoms with Crippen molar-refractivity contribution in [3.8, 4) is 0 Å². The number of hydrogen-bond donors (Lipinski definition) is 2. The van der Waals surface area contributed by atoms with E-state index < -0.39 is 11.8 Å². The summed E-state index contributed by atoms with van der Waals surface area (Å²) in [5, 5.41) is 15.9. The summed E-state index contributed by atoms with van der Waals surface area (Å²) < 4.78 is 15.3. The monoisotopic (exact) mass is 263 g/mol. The molecule has 6 heteroatoms. The minimum Gasteiger partial charge on any atom is -0.478 e. The van der Waals surface area contributed by atoms with Crippen LogP contribution in [0.25, 0.3) is 0 Å². The Hall–Kier alpha value is -2.37. The Morgan fingerprint density at radius 2 is 2.21 bits per heavy atom. The molecular formula is C13H14FN3O2. The number of carboxylic acids is 1. The Kier molecular flexibility index (Phi) is 3.50. The lowest BCUT2D eigenvalue weighted by Crippen LogP contribution is -2.12. The minimum atomic E-state index is -1.09. The predicted molar refractivity (Wildman–Crippen MR) is 68.6 cm³/mol. The Labute approximate surface area is 109 Å². The van der Waals surface area contributed by atoms with E-state index in [9.17, 15) is 9.18 Å². The molecular weight excluding hydrogens is 249 g/mol. The topological polar surface area (TPSA) is 67.2 Å². The fourth-order valence-corrected chi connectivity index (χ4v) is 1.88. The van der Waals surface area contributed by atoms with Crippen LogP contribution in [-0.4, -0.2) is 20.9 Å². The third-order valence-electron chi connectivity index (χ3n) is 2.89. The van der Waals surface area contributed by atoms with Gasteiger partial charge in [0.15, 0.2) is 0 Å². The number of aryl methyl sites for hydroxylation is 1. The highest BCUT2D eigenvalue weighted by molar-refractivity contribution is 5.88. The van der Waals surface area contributed by atoms with E-state index >= 15 is 0 Å². The van der Waals surface area contributed by atoms with Crippen LogP contribution in [0.5, 0.6) is 0 Å². The van der Waals surface area contributed by atoms with Crippen LogP contribution >= 0.6 is 0 Å². The van der Waals surface area contributed by atoms with E-state index in [2.05, 4.69) is 10.4 Å². The number of aromatic nitrogens is 2. The van der Waals surface area contributed by atoms with Gasteiger partial charge < -0.3 is 10.4 Å². The molecule has 0 saturated carbocycles. The number of hydrogen-bond acceptors (Lipinski definition) is 3. The fourth-order valence-electron chi connectivity index (χ4n) is 1.88. The zero-order valence-electron chi connectivity index (χ0n) is 10.6. The van der Waals surface area contributed by atoms with Gasteiger partial charge in [-0.3, -0.25) is 4.68 Å². The van der Waals surface area contributed by atoms with Crippen molar-refractivity contribution < 1.29 is 14.3 Å². The summed E-state index contributed by atoms with van der Waals surface area (Å²) in [6, 6.07) is 5.28. The van der Waals surface area contributed by atoms with Gasteiger partial charge in [0.25, 0.3) is 0 Å². The number of nitrogens with one attached hydrogen (secondary N) is 1. The van der Waals surface area contributed by atoms with Gasteiger partial charge in [-0.2, -0.15) is 5.10 Å². The van der Waals surface area contributed by atoms with E-state index in [0.717, 1.165) is 11.8 Å². The zero-order valence-corrected chi connectivity index (χ0v) is 10.6. The second kappa shape index (κ2) is 5.09. The van der Waals surface area contributed by atoms with Gasteiger partial charge in [-0.25, -0.2) is 9.18 Å². The summed E-state index contributed by atoms with van der Waals surface area (Å²) in [4.78, 5) is 10.9. The van der Waals surface area contributed by atoms with Gasteiger partial charge in [0.05, 0.1) is 23.0 Å². The zero-order chi connectivity index (χ0) is 14.0. The van der Waals surface area contributed by atoms with Gasteiger partial charge in [0, 0.05) is 13.2 Å². The Bertz CT molecular complexity index is 610. The number of aromatic carboxylic acids is 1. The van der Waals surface area contributed by atoms with E-state index in [-0.39, 0.29) is 17.3 Å². The summed E-state index contributed by atoms with van der Waals surface area (Å²) in [5.74, 6) is -1.57. The van der Waals surface area contributed by atoms with Crippen LogP contribution in [0.3, 0.4) is 0 Å². The molecule has 0 aliphatic rings. The van der Waals surface area contributed by atoms with Crippen LogP contribution in [0, 0.1) is 5.82 Å². The highest BCUT2D eigenvalue weighted by atomic mass is 19.1. The highest BCUT2D eigenvalue weighted by Crippen LogP contribution is 2.22.